The number of aryl methyl sites for hydroxylation is 2. The number of rotatable bonds is 4. The van der Waals surface area contributed by atoms with Crippen LogP contribution in [0.1, 0.15) is 34.8 Å². The molecule has 106 valence electrons. The molecule has 0 spiro atoms. The van der Waals surface area contributed by atoms with Gasteiger partial charge in [-0.1, -0.05) is 19.1 Å². The van der Waals surface area contributed by atoms with E-state index in [1.54, 1.807) is 6.92 Å². The molecule has 5 nitrogen and oxygen atoms in total. The van der Waals surface area contributed by atoms with Gasteiger partial charge >= 0.3 is 0 Å². The molecule has 0 atom stereocenters. The van der Waals surface area contributed by atoms with E-state index in [0.717, 1.165) is 17.5 Å². The molecule has 1 aromatic carbocycles. The third-order valence-corrected chi connectivity index (χ3v) is 3.40. The van der Waals surface area contributed by atoms with Gasteiger partial charge in [0.25, 0.3) is 11.7 Å². The molecule has 0 saturated carbocycles. The van der Waals surface area contributed by atoms with Crippen molar-refractivity contribution in [3.05, 3.63) is 28.8 Å². The quantitative estimate of drug-likeness (QED) is 0.843. The van der Waals surface area contributed by atoms with Crippen LogP contribution >= 0.6 is 0 Å². The molecule has 0 aliphatic carbocycles. The number of Topliss-reactive ketones (excluding diaryl/α,β-unsaturated/α-hetero) is 1. The number of ketones is 1. The van der Waals surface area contributed by atoms with Gasteiger partial charge < -0.3 is 5.32 Å². The summed E-state index contributed by atoms with van der Waals surface area (Å²) in [5.41, 5.74) is 2.60. The first-order valence-electron chi connectivity index (χ1n) is 6.70. The minimum absolute atomic E-state index is 0.109. The maximum atomic E-state index is 12.1. The highest BCUT2D eigenvalue weighted by atomic mass is 16.2. The molecule has 20 heavy (non-hydrogen) atoms. The summed E-state index contributed by atoms with van der Waals surface area (Å²) in [6, 6.07) is 3.68. The summed E-state index contributed by atoms with van der Waals surface area (Å²) >= 11 is 0. The van der Waals surface area contributed by atoms with Gasteiger partial charge in [-0.2, -0.15) is 0 Å². The Balaban J connectivity index is 2.34. The van der Waals surface area contributed by atoms with Crippen LogP contribution in [0.4, 0.5) is 5.69 Å². The number of hydrogen-bond donors (Lipinski definition) is 1. The molecular formula is C15H18N2O3. The molecule has 2 amide bonds. The van der Waals surface area contributed by atoms with E-state index in [9.17, 15) is 14.4 Å². The molecule has 1 aliphatic rings. The van der Waals surface area contributed by atoms with E-state index in [0.29, 0.717) is 17.8 Å². The molecule has 0 saturated heterocycles. The molecule has 0 aromatic heterocycles. The van der Waals surface area contributed by atoms with E-state index in [1.165, 1.54) is 4.90 Å². The lowest BCUT2D eigenvalue weighted by Gasteiger charge is -2.18. The summed E-state index contributed by atoms with van der Waals surface area (Å²) in [4.78, 5) is 37.2. The van der Waals surface area contributed by atoms with E-state index in [4.69, 9.17) is 0 Å². The van der Waals surface area contributed by atoms with Gasteiger partial charge in [0.1, 0.15) is 6.54 Å². The standard InChI is InChI=1S/C15H18N2O3/c1-4-7-16-11(18)8-17-13-10(3)6-5-9(2)12(13)14(19)15(17)20/h5-6H,4,7-8H2,1-3H3,(H,16,18). The molecule has 1 heterocycles. The molecule has 1 N–H and O–H groups in total. The van der Waals surface area contributed by atoms with Crippen LogP contribution in [0.15, 0.2) is 12.1 Å². The van der Waals surface area contributed by atoms with Gasteiger partial charge in [-0.05, 0) is 31.4 Å². The number of anilines is 1. The molecule has 0 unspecified atom stereocenters. The number of fused-ring (bicyclic) bond motifs is 1. The van der Waals surface area contributed by atoms with Crippen molar-refractivity contribution >= 4 is 23.3 Å². The molecule has 1 aliphatic heterocycles. The maximum Gasteiger partial charge on any atom is 0.299 e. The van der Waals surface area contributed by atoms with E-state index in [2.05, 4.69) is 5.32 Å². The van der Waals surface area contributed by atoms with Crippen LogP contribution in [0.5, 0.6) is 0 Å². The first kappa shape index (κ1) is 14.2. The van der Waals surface area contributed by atoms with Gasteiger partial charge in [-0.25, -0.2) is 0 Å². The Morgan fingerprint density at radius 3 is 2.50 bits per heavy atom. The summed E-state index contributed by atoms with van der Waals surface area (Å²) in [5.74, 6) is -1.39. The van der Waals surface area contributed by atoms with Gasteiger partial charge in [0.05, 0.1) is 11.3 Å². The number of nitrogens with zero attached hydrogens (tertiary/aromatic N) is 1. The van der Waals surface area contributed by atoms with Crippen LogP contribution in [-0.4, -0.2) is 30.7 Å². The number of amides is 2. The Morgan fingerprint density at radius 1 is 1.20 bits per heavy atom. The molecule has 0 radical (unpaired) electrons. The number of benzene rings is 1. The number of nitrogens with one attached hydrogen (secondary N) is 1. The van der Waals surface area contributed by atoms with Crippen molar-refractivity contribution in [1.29, 1.82) is 0 Å². The lowest BCUT2D eigenvalue weighted by molar-refractivity contribution is -0.122. The van der Waals surface area contributed by atoms with Gasteiger partial charge in [-0.3, -0.25) is 19.3 Å². The summed E-state index contributed by atoms with van der Waals surface area (Å²) in [6.07, 6.45) is 0.827. The maximum absolute atomic E-state index is 12.1. The average molecular weight is 274 g/mol. The largest absolute Gasteiger partial charge is 0.355 e. The molecule has 0 bridgehead atoms. The zero-order valence-electron chi connectivity index (χ0n) is 11.9. The average Bonchev–Trinajstić information content (AvgIpc) is 2.67. The molecule has 1 aromatic rings. The van der Waals surface area contributed by atoms with Gasteiger partial charge in [0, 0.05) is 6.54 Å². The van der Waals surface area contributed by atoms with Gasteiger partial charge in [0.2, 0.25) is 5.91 Å². The SMILES string of the molecule is CCCNC(=O)CN1C(=O)C(=O)c2c(C)ccc(C)c21. The minimum Gasteiger partial charge on any atom is -0.355 e. The van der Waals surface area contributed by atoms with Crippen LogP contribution in [0.2, 0.25) is 0 Å². The molecule has 5 heteroatoms. The number of carbonyl (C=O) groups excluding carboxylic acids is 3. The Kier molecular flexibility index (Phi) is 3.88. The van der Waals surface area contributed by atoms with Crippen LogP contribution in [0, 0.1) is 13.8 Å². The zero-order chi connectivity index (χ0) is 14.9. The van der Waals surface area contributed by atoms with Crippen LogP contribution in [0.3, 0.4) is 0 Å². The van der Waals surface area contributed by atoms with E-state index < -0.39 is 11.7 Å². The zero-order valence-corrected chi connectivity index (χ0v) is 11.9. The van der Waals surface area contributed by atoms with Crippen molar-refractivity contribution in [2.24, 2.45) is 0 Å². The normalized spacial score (nSPS) is 13.7. The van der Waals surface area contributed by atoms with Gasteiger partial charge in [0.15, 0.2) is 0 Å². The highest BCUT2D eigenvalue weighted by Crippen LogP contribution is 2.34. The lowest BCUT2D eigenvalue weighted by Crippen LogP contribution is -2.40. The second-order valence-electron chi connectivity index (χ2n) is 4.99. The predicted octanol–water partition coefficient (Wildman–Crippen LogP) is 1.36. The van der Waals surface area contributed by atoms with E-state index in [-0.39, 0.29) is 12.5 Å². The van der Waals surface area contributed by atoms with Crippen molar-refractivity contribution in [1.82, 2.24) is 5.32 Å². The smallest absolute Gasteiger partial charge is 0.299 e. The second-order valence-corrected chi connectivity index (χ2v) is 4.99. The fourth-order valence-electron chi connectivity index (χ4n) is 2.38. The Bertz CT molecular complexity index is 593. The number of carbonyl (C=O) groups is 3. The third-order valence-electron chi connectivity index (χ3n) is 3.40. The predicted molar refractivity (Wildman–Crippen MR) is 75.9 cm³/mol. The summed E-state index contributed by atoms with van der Waals surface area (Å²) < 4.78 is 0. The Morgan fingerprint density at radius 2 is 1.85 bits per heavy atom. The molecule has 2 rings (SSSR count). The fourth-order valence-corrected chi connectivity index (χ4v) is 2.38. The van der Waals surface area contributed by atoms with Crippen molar-refractivity contribution in [3.8, 4) is 0 Å². The van der Waals surface area contributed by atoms with Crippen molar-refractivity contribution < 1.29 is 14.4 Å². The monoisotopic (exact) mass is 274 g/mol. The van der Waals surface area contributed by atoms with Crippen molar-refractivity contribution in [3.63, 3.8) is 0 Å². The molecular weight excluding hydrogens is 256 g/mol. The highest BCUT2D eigenvalue weighted by molar-refractivity contribution is 6.53. The van der Waals surface area contributed by atoms with Crippen LogP contribution < -0.4 is 10.2 Å². The summed E-state index contributed by atoms with van der Waals surface area (Å²) in [5, 5.41) is 2.72. The minimum atomic E-state index is -0.621. The Hall–Kier alpha value is -2.17. The first-order chi connectivity index (χ1) is 9.47. The van der Waals surface area contributed by atoms with Gasteiger partial charge in [-0.15, -0.1) is 0 Å². The molecule has 0 fully saturated rings. The van der Waals surface area contributed by atoms with E-state index >= 15 is 0 Å². The first-order valence-corrected chi connectivity index (χ1v) is 6.70. The third kappa shape index (κ3) is 2.31. The topological polar surface area (TPSA) is 66.5 Å². The Labute approximate surface area is 118 Å². The van der Waals surface area contributed by atoms with Crippen LogP contribution in [0.25, 0.3) is 0 Å². The summed E-state index contributed by atoms with van der Waals surface area (Å²) in [7, 11) is 0. The summed E-state index contributed by atoms with van der Waals surface area (Å²) in [6.45, 7) is 6.04. The number of hydrogen-bond acceptors (Lipinski definition) is 3. The van der Waals surface area contributed by atoms with E-state index in [1.807, 2.05) is 26.0 Å². The fraction of sp³-hybridized carbons (Fsp3) is 0.400. The van der Waals surface area contributed by atoms with Crippen LogP contribution in [-0.2, 0) is 9.59 Å². The van der Waals surface area contributed by atoms with Crippen molar-refractivity contribution in [2.75, 3.05) is 18.0 Å². The second kappa shape index (κ2) is 5.45. The van der Waals surface area contributed by atoms with Crippen molar-refractivity contribution in [2.45, 2.75) is 27.2 Å². The highest BCUT2D eigenvalue weighted by Gasteiger charge is 2.38. The lowest BCUT2D eigenvalue weighted by atomic mass is 10.0.